The van der Waals surface area contributed by atoms with Crippen LogP contribution in [-0.4, -0.2) is 12.6 Å². The maximum atomic E-state index is 3.62. The standard InChI is InChI=1S/C12H27N/c1-5-9-13-12(8-4)10-11(6-2)7-3/h11-13H,5-10H2,1-4H3. The van der Waals surface area contributed by atoms with Crippen molar-refractivity contribution >= 4 is 0 Å². The Kier molecular flexibility index (Phi) is 8.53. The van der Waals surface area contributed by atoms with E-state index in [-0.39, 0.29) is 0 Å². The van der Waals surface area contributed by atoms with Gasteiger partial charge in [0.2, 0.25) is 0 Å². The number of nitrogens with one attached hydrogen (secondary N) is 1. The third-order valence-electron chi connectivity index (χ3n) is 2.95. The molecule has 0 amide bonds. The second kappa shape index (κ2) is 8.55. The SMILES string of the molecule is CCCNC(CC)CC(CC)CC. The van der Waals surface area contributed by atoms with Crippen LogP contribution in [0.2, 0.25) is 0 Å². The minimum absolute atomic E-state index is 0.754. The van der Waals surface area contributed by atoms with Crippen molar-refractivity contribution in [1.82, 2.24) is 5.32 Å². The quantitative estimate of drug-likeness (QED) is 0.609. The molecular formula is C12H27N. The zero-order valence-corrected chi connectivity index (χ0v) is 9.90. The minimum atomic E-state index is 0.754. The summed E-state index contributed by atoms with van der Waals surface area (Å²) in [5, 5.41) is 3.62. The van der Waals surface area contributed by atoms with Crippen LogP contribution in [0, 0.1) is 5.92 Å². The van der Waals surface area contributed by atoms with E-state index in [1.54, 1.807) is 0 Å². The van der Waals surface area contributed by atoms with Gasteiger partial charge in [-0.2, -0.15) is 0 Å². The molecule has 0 saturated heterocycles. The summed E-state index contributed by atoms with van der Waals surface area (Å²) in [5.41, 5.74) is 0. The molecule has 1 nitrogen and oxygen atoms in total. The summed E-state index contributed by atoms with van der Waals surface area (Å²) < 4.78 is 0. The lowest BCUT2D eigenvalue weighted by Crippen LogP contribution is -2.31. The van der Waals surface area contributed by atoms with Gasteiger partial charge in [0.05, 0.1) is 0 Å². The highest BCUT2D eigenvalue weighted by molar-refractivity contribution is 4.69. The predicted octanol–water partition coefficient (Wildman–Crippen LogP) is 3.59. The van der Waals surface area contributed by atoms with Crippen LogP contribution < -0.4 is 5.32 Å². The Morgan fingerprint density at radius 3 is 1.92 bits per heavy atom. The normalized spacial score (nSPS) is 13.6. The van der Waals surface area contributed by atoms with E-state index in [0.29, 0.717) is 0 Å². The zero-order chi connectivity index (χ0) is 10.1. The smallest absolute Gasteiger partial charge is 0.00670 e. The van der Waals surface area contributed by atoms with E-state index >= 15 is 0 Å². The zero-order valence-electron chi connectivity index (χ0n) is 9.90. The Balaban J connectivity index is 3.67. The van der Waals surface area contributed by atoms with Gasteiger partial charge in [-0.15, -0.1) is 0 Å². The summed E-state index contributed by atoms with van der Waals surface area (Å²) in [5.74, 6) is 0.925. The molecule has 0 aromatic carbocycles. The predicted molar refractivity (Wildman–Crippen MR) is 61.1 cm³/mol. The number of hydrogen-bond donors (Lipinski definition) is 1. The van der Waals surface area contributed by atoms with Crippen molar-refractivity contribution in [3.63, 3.8) is 0 Å². The van der Waals surface area contributed by atoms with Gasteiger partial charge in [0.25, 0.3) is 0 Å². The number of hydrogen-bond acceptors (Lipinski definition) is 1. The van der Waals surface area contributed by atoms with Crippen molar-refractivity contribution in [1.29, 1.82) is 0 Å². The lowest BCUT2D eigenvalue weighted by Gasteiger charge is -2.21. The fourth-order valence-corrected chi connectivity index (χ4v) is 1.77. The topological polar surface area (TPSA) is 12.0 Å². The summed E-state index contributed by atoms with van der Waals surface area (Å²) >= 11 is 0. The van der Waals surface area contributed by atoms with Crippen molar-refractivity contribution < 1.29 is 0 Å². The maximum absolute atomic E-state index is 3.62. The largest absolute Gasteiger partial charge is 0.314 e. The molecule has 0 aromatic rings. The molecule has 0 saturated carbocycles. The molecule has 1 unspecified atom stereocenters. The second-order valence-electron chi connectivity index (χ2n) is 3.98. The first-order chi connectivity index (χ1) is 6.28. The lowest BCUT2D eigenvalue weighted by atomic mass is 9.93. The molecule has 0 aliphatic rings. The molecule has 0 rings (SSSR count). The maximum Gasteiger partial charge on any atom is 0.00670 e. The molecule has 1 N–H and O–H groups in total. The highest BCUT2D eigenvalue weighted by atomic mass is 14.9. The van der Waals surface area contributed by atoms with Crippen LogP contribution in [0.25, 0.3) is 0 Å². The van der Waals surface area contributed by atoms with Gasteiger partial charge in [-0.25, -0.2) is 0 Å². The van der Waals surface area contributed by atoms with Crippen molar-refractivity contribution in [3.8, 4) is 0 Å². The van der Waals surface area contributed by atoms with Gasteiger partial charge < -0.3 is 5.32 Å². The first kappa shape index (κ1) is 13.0. The Labute approximate surface area is 84.3 Å². The van der Waals surface area contributed by atoms with Gasteiger partial charge in [0.1, 0.15) is 0 Å². The highest BCUT2D eigenvalue weighted by Gasteiger charge is 2.10. The Bertz CT molecular complexity index is 97.3. The average molecular weight is 185 g/mol. The summed E-state index contributed by atoms with van der Waals surface area (Å²) in [7, 11) is 0. The van der Waals surface area contributed by atoms with Crippen LogP contribution in [0.15, 0.2) is 0 Å². The van der Waals surface area contributed by atoms with Crippen molar-refractivity contribution in [2.75, 3.05) is 6.54 Å². The monoisotopic (exact) mass is 185 g/mol. The van der Waals surface area contributed by atoms with E-state index in [1.807, 2.05) is 0 Å². The first-order valence-electron chi connectivity index (χ1n) is 6.01. The second-order valence-corrected chi connectivity index (χ2v) is 3.98. The summed E-state index contributed by atoms with van der Waals surface area (Å²) in [6.07, 6.45) is 6.56. The molecule has 0 aliphatic carbocycles. The van der Waals surface area contributed by atoms with Gasteiger partial charge >= 0.3 is 0 Å². The van der Waals surface area contributed by atoms with Gasteiger partial charge in [-0.1, -0.05) is 40.5 Å². The van der Waals surface area contributed by atoms with E-state index in [1.165, 1.54) is 38.6 Å². The molecule has 0 aromatic heterocycles. The molecule has 0 radical (unpaired) electrons. The molecule has 1 heteroatoms. The molecule has 0 heterocycles. The Morgan fingerprint density at radius 1 is 0.923 bits per heavy atom. The molecule has 0 fully saturated rings. The van der Waals surface area contributed by atoms with Gasteiger partial charge in [-0.3, -0.25) is 0 Å². The molecule has 0 spiro atoms. The Morgan fingerprint density at radius 2 is 1.54 bits per heavy atom. The fourth-order valence-electron chi connectivity index (χ4n) is 1.77. The molecular weight excluding hydrogens is 158 g/mol. The van der Waals surface area contributed by atoms with Crippen LogP contribution in [0.4, 0.5) is 0 Å². The third kappa shape index (κ3) is 6.09. The van der Waals surface area contributed by atoms with Gasteiger partial charge in [-0.05, 0) is 31.7 Å². The first-order valence-corrected chi connectivity index (χ1v) is 6.01. The lowest BCUT2D eigenvalue weighted by molar-refractivity contribution is 0.359. The molecule has 13 heavy (non-hydrogen) atoms. The van der Waals surface area contributed by atoms with E-state index in [4.69, 9.17) is 0 Å². The average Bonchev–Trinajstić information content (AvgIpc) is 2.19. The summed E-state index contributed by atoms with van der Waals surface area (Å²) in [4.78, 5) is 0. The molecule has 80 valence electrons. The van der Waals surface area contributed by atoms with Crippen LogP contribution >= 0.6 is 0 Å². The van der Waals surface area contributed by atoms with E-state index in [9.17, 15) is 0 Å². The minimum Gasteiger partial charge on any atom is -0.314 e. The molecule has 0 aliphatic heterocycles. The van der Waals surface area contributed by atoms with Crippen molar-refractivity contribution in [3.05, 3.63) is 0 Å². The van der Waals surface area contributed by atoms with E-state index in [0.717, 1.165) is 12.0 Å². The van der Waals surface area contributed by atoms with Crippen LogP contribution in [0.5, 0.6) is 0 Å². The van der Waals surface area contributed by atoms with Crippen LogP contribution in [0.3, 0.4) is 0 Å². The molecule has 0 bridgehead atoms. The summed E-state index contributed by atoms with van der Waals surface area (Å²) in [6, 6.07) is 0.754. The van der Waals surface area contributed by atoms with Crippen LogP contribution in [0.1, 0.15) is 59.8 Å². The van der Waals surface area contributed by atoms with Gasteiger partial charge in [0, 0.05) is 6.04 Å². The summed E-state index contributed by atoms with van der Waals surface area (Å²) in [6.45, 7) is 10.3. The van der Waals surface area contributed by atoms with E-state index in [2.05, 4.69) is 33.0 Å². The van der Waals surface area contributed by atoms with E-state index < -0.39 is 0 Å². The molecule has 1 atom stereocenters. The van der Waals surface area contributed by atoms with Crippen molar-refractivity contribution in [2.24, 2.45) is 5.92 Å². The van der Waals surface area contributed by atoms with Crippen LogP contribution in [-0.2, 0) is 0 Å². The van der Waals surface area contributed by atoms with Gasteiger partial charge in [0.15, 0.2) is 0 Å². The number of rotatable bonds is 8. The highest BCUT2D eigenvalue weighted by Crippen LogP contribution is 2.16. The Hall–Kier alpha value is -0.0400. The van der Waals surface area contributed by atoms with Crippen molar-refractivity contribution in [2.45, 2.75) is 65.8 Å². The fraction of sp³-hybridized carbons (Fsp3) is 1.00. The third-order valence-corrected chi connectivity index (χ3v) is 2.95.